The molecule has 0 saturated heterocycles. The van der Waals surface area contributed by atoms with E-state index in [-0.39, 0.29) is 0 Å². The van der Waals surface area contributed by atoms with Gasteiger partial charge in [-0.3, -0.25) is 4.79 Å². The Morgan fingerprint density at radius 3 is 2.86 bits per heavy atom. The van der Waals surface area contributed by atoms with Crippen molar-refractivity contribution in [3.8, 4) is 0 Å². The van der Waals surface area contributed by atoms with E-state index in [2.05, 4.69) is 5.32 Å². The van der Waals surface area contributed by atoms with Gasteiger partial charge in [0.1, 0.15) is 0 Å². The van der Waals surface area contributed by atoms with Crippen LogP contribution in [0.3, 0.4) is 0 Å². The Hall–Kier alpha value is -1.62. The number of thiophene rings is 1. The maximum Gasteiger partial charge on any atom is 0.328 e. The summed E-state index contributed by atoms with van der Waals surface area (Å²) < 4.78 is 0. The second kappa shape index (κ2) is 5.18. The molecule has 4 nitrogen and oxygen atoms in total. The van der Waals surface area contributed by atoms with E-state index in [9.17, 15) is 9.59 Å². The smallest absolute Gasteiger partial charge is 0.328 e. The molecule has 0 radical (unpaired) electrons. The Balaban J connectivity index is 2.32. The fourth-order valence-electron chi connectivity index (χ4n) is 0.793. The van der Waals surface area contributed by atoms with Crippen LogP contribution in [0, 0.1) is 0 Å². The molecule has 1 aromatic rings. The van der Waals surface area contributed by atoms with E-state index < -0.39 is 11.9 Å². The Kier molecular flexibility index (Phi) is 3.87. The van der Waals surface area contributed by atoms with E-state index in [1.54, 1.807) is 0 Å². The molecule has 2 N–H and O–H groups in total. The minimum atomic E-state index is -1.13. The minimum Gasteiger partial charge on any atom is -0.478 e. The molecule has 0 aliphatic rings. The van der Waals surface area contributed by atoms with Crippen LogP contribution in [0.5, 0.6) is 0 Å². The van der Waals surface area contributed by atoms with E-state index in [0.717, 1.165) is 17.0 Å². The number of hydrogen-bond acceptors (Lipinski definition) is 3. The lowest BCUT2D eigenvalue weighted by Crippen LogP contribution is -2.19. The van der Waals surface area contributed by atoms with Gasteiger partial charge >= 0.3 is 5.97 Å². The number of rotatable bonds is 4. The monoisotopic (exact) mass is 211 g/mol. The summed E-state index contributed by atoms with van der Waals surface area (Å²) in [5, 5.41) is 12.7. The summed E-state index contributed by atoms with van der Waals surface area (Å²) in [4.78, 5) is 22.1. The van der Waals surface area contributed by atoms with Gasteiger partial charge in [0, 0.05) is 17.0 Å². The Bertz CT molecular complexity index is 343. The SMILES string of the molecule is O=C(O)/C=C\C(=O)NCc1cccs1. The molecule has 0 aromatic carbocycles. The highest BCUT2D eigenvalue weighted by molar-refractivity contribution is 7.09. The number of carbonyl (C=O) groups excluding carboxylic acids is 1. The average molecular weight is 211 g/mol. The minimum absolute atomic E-state index is 0.402. The normalized spacial score (nSPS) is 10.3. The zero-order valence-corrected chi connectivity index (χ0v) is 8.08. The molecule has 0 aliphatic heterocycles. The Morgan fingerprint density at radius 2 is 2.29 bits per heavy atom. The van der Waals surface area contributed by atoms with Crippen molar-refractivity contribution in [3.63, 3.8) is 0 Å². The fraction of sp³-hybridized carbons (Fsp3) is 0.111. The third-order valence-corrected chi connectivity index (χ3v) is 2.27. The van der Waals surface area contributed by atoms with Crippen molar-refractivity contribution in [2.75, 3.05) is 0 Å². The quantitative estimate of drug-likeness (QED) is 0.730. The van der Waals surface area contributed by atoms with Crippen LogP contribution in [0.15, 0.2) is 29.7 Å². The van der Waals surface area contributed by atoms with E-state index in [4.69, 9.17) is 5.11 Å². The number of carboxylic acids is 1. The lowest BCUT2D eigenvalue weighted by atomic mass is 10.4. The predicted molar refractivity (Wildman–Crippen MR) is 52.9 cm³/mol. The molecule has 0 bridgehead atoms. The summed E-state index contributed by atoms with van der Waals surface area (Å²) in [7, 11) is 0. The first-order valence-corrected chi connectivity index (χ1v) is 4.77. The lowest BCUT2D eigenvalue weighted by molar-refractivity contribution is -0.131. The highest BCUT2D eigenvalue weighted by Gasteiger charge is 1.97. The Morgan fingerprint density at radius 1 is 1.50 bits per heavy atom. The van der Waals surface area contributed by atoms with E-state index in [1.165, 1.54) is 11.3 Å². The van der Waals surface area contributed by atoms with Crippen LogP contribution in [0.2, 0.25) is 0 Å². The zero-order valence-electron chi connectivity index (χ0n) is 7.27. The molecule has 1 aromatic heterocycles. The molecular weight excluding hydrogens is 202 g/mol. The number of hydrogen-bond donors (Lipinski definition) is 2. The van der Waals surface area contributed by atoms with Crippen LogP contribution in [0.1, 0.15) is 4.88 Å². The average Bonchev–Trinajstić information content (AvgIpc) is 2.63. The third kappa shape index (κ3) is 3.86. The standard InChI is InChI=1S/C9H9NO3S/c11-8(3-4-9(12)13)10-6-7-2-1-5-14-7/h1-5H,6H2,(H,10,11)(H,12,13)/b4-3-. The van der Waals surface area contributed by atoms with Crippen molar-refractivity contribution in [1.82, 2.24) is 5.32 Å². The largest absolute Gasteiger partial charge is 0.478 e. The molecule has 1 amide bonds. The third-order valence-electron chi connectivity index (χ3n) is 1.39. The topological polar surface area (TPSA) is 66.4 Å². The van der Waals surface area contributed by atoms with Gasteiger partial charge in [-0.1, -0.05) is 6.07 Å². The molecule has 1 rings (SSSR count). The predicted octanol–water partition coefficient (Wildman–Crippen LogP) is 1.01. The summed E-state index contributed by atoms with van der Waals surface area (Å²) >= 11 is 1.53. The van der Waals surface area contributed by atoms with E-state index in [0.29, 0.717) is 6.54 Å². The number of carboxylic acid groups (broad SMARTS) is 1. The first-order valence-electron chi connectivity index (χ1n) is 3.89. The van der Waals surface area contributed by atoms with Crippen LogP contribution >= 0.6 is 11.3 Å². The van der Waals surface area contributed by atoms with Gasteiger partial charge in [-0.25, -0.2) is 4.79 Å². The maximum atomic E-state index is 11.0. The van der Waals surface area contributed by atoms with E-state index in [1.807, 2.05) is 17.5 Å². The van der Waals surface area contributed by atoms with Crippen molar-refractivity contribution in [2.24, 2.45) is 0 Å². The second-order valence-electron chi connectivity index (χ2n) is 2.47. The van der Waals surface area contributed by atoms with Crippen molar-refractivity contribution >= 4 is 23.2 Å². The zero-order chi connectivity index (χ0) is 10.4. The van der Waals surface area contributed by atoms with Gasteiger partial charge in [-0.05, 0) is 11.4 Å². The summed E-state index contributed by atoms with van der Waals surface area (Å²) in [6.45, 7) is 0.431. The van der Waals surface area contributed by atoms with Crippen LogP contribution in [0.4, 0.5) is 0 Å². The first-order chi connectivity index (χ1) is 6.68. The maximum absolute atomic E-state index is 11.0. The van der Waals surface area contributed by atoms with Gasteiger partial charge in [0.05, 0.1) is 6.54 Å². The van der Waals surface area contributed by atoms with Crippen molar-refractivity contribution in [1.29, 1.82) is 0 Å². The molecule has 0 atom stereocenters. The summed E-state index contributed by atoms with van der Waals surface area (Å²) in [5.41, 5.74) is 0. The first kappa shape index (κ1) is 10.5. The fourth-order valence-corrected chi connectivity index (χ4v) is 1.44. The highest BCUT2D eigenvalue weighted by atomic mass is 32.1. The van der Waals surface area contributed by atoms with Crippen LogP contribution in [0.25, 0.3) is 0 Å². The number of aliphatic carboxylic acids is 1. The van der Waals surface area contributed by atoms with Gasteiger partial charge in [-0.15, -0.1) is 11.3 Å². The van der Waals surface area contributed by atoms with Crippen molar-refractivity contribution < 1.29 is 14.7 Å². The molecule has 0 unspecified atom stereocenters. The van der Waals surface area contributed by atoms with Crippen LogP contribution in [-0.2, 0) is 16.1 Å². The molecule has 1 heterocycles. The molecule has 0 aliphatic carbocycles. The van der Waals surface area contributed by atoms with Gasteiger partial charge in [0.25, 0.3) is 0 Å². The van der Waals surface area contributed by atoms with Gasteiger partial charge in [-0.2, -0.15) is 0 Å². The summed E-state index contributed by atoms with van der Waals surface area (Å²) in [5.74, 6) is -1.53. The van der Waals surface area contributed by atoms with Crippen LogP contribution < -0.4 is 5.32 Å². The molecule has 14 heavy (non-hydrogen) atoms. The Labute approximate surface area is 84.9 Å². The molecule has 0 saturated carbocycles. The van der Waals surface area contributed by atoms with Gasteiger partial charge in [0.15, 0.2) is 0 Å². The van der Waals surface area contributed by atoms with Gasteiger partial charge in [0.2, 0.25) is 5.91 Å². The van der Waals surface area contributed by atoms with Crippen LogP contribution in [-0.4, -0.2) is 17.0 Å². The second-order valence-corrected chi connectivity index (χ2v) is 3.50. The highest BCUT2D eigenvalue weighted by Crippen LogP contribution is 2.06. The lowest BCUT2D eigenvalue weighted by Gasteiger charge is -1.97. The number of carbonyl (C=O) groups is 2. The molecular formula is C9H9NO3S. The summed E-state index contributed by atoms with van der Waals surface area (Å²) in [6.07, 6.45) is 1.81. The van der Waals surface area contributed by atoms with Crippen molar-refractivity contribution in [2.45, 2.75) is 6.54 Å². The molecule has 0 fully saturated rings. The molecule has 74 valence electrons. The van der Waals surface area contributed by atoms with Gasteiger partial charge < -0.3 is 10.4 Å². The number of nitrogens with one attached hydrogen (secondary N) is 1. The van der Waals surface area contributed by atoms with Crippen molar-refractivity contribution in [3.05, 3.63) is 34.5 Å². The molecule has 5 heteroatoms. The van der Waals surface area contributed by atoms with E-state index >= 15 is 0 Å². The molecule has 0 spiro atoms. The summed E-state index contributed by atoms with van der Waals surface area (Å²) in [6, 6.07) is 3.78. The number of amides is 1.